The van der Waals surface area contributed by atoms with Gasteiger partial charge < -0.3 is 19.6 Å². The Morgan fingerprint density at radius 1 is 1.33 bits per heavy atom. The van der Waals surface area contributed by atoms with Crippen molar-refractivity contribution in [3.05, 3.63) is 60.0 Å². The predicted octanol–water partition coefficient (Wildman–Crippen LogP) is 2.30. The predicted molar refractivity (Wildman–Crippen MR) is 90.0 cm³/mol. The highest BCUT2D eigenvalue weighted by molar-refractivity contribution is 5.77. The van der Waals surface area contributed by atoms with Crippen molar-refractivity contribution in [2.45, 2.75) is 19.9 Å². The number of carbonyl (C=O) groups is 1. The van der Waals surface area contributed by atoms with Crippen molar-refractivity contribution < 1.29 is 14.6 Å². The summed E-state index contributed by atoms with van der Waals surface area (Å²) < 4.78 is 7.21. The number of benzene rings is 1. The van der Waals surface area contributed by atoms with Gasteiger partial charge in [-0.2, -0.15) is 0 Å². The number of hydrogen-bond donors (Lipinski definition) is 2. The largest absolute Gasteiger partial charge is 0.504 e. The average molecular weight is 325 g/mol. The molecule has 0 saturated heterocycles. The van der Waals surface area contributed by atoms with E-state index in [1.54, 1.807) is 28.9 Å². The normalized spacial score (nSPS) is 10.7. The summed E-state index contributed by atoms with van der Waals surface area (Å²) in [5.41, 5.74) is 2.30. The summed E-state index contributed by atoms with van der Waals surface area (Å²) in [5, 5.41) is 12.5. The number of aromatic nitrogens is 2. The number of carbonyl (C=O) groups excluding carboxylic acids is 1. The van der Waals surface area contributed by atoms with Crippen LogP contribution in [0.3, 0.4) is 0 Å². The van der Waals surface area contributed by atoms with Crippen molar-refractivity contribution in [2.24, 2.45) is 0 Å². The first-order valence-electron chi connectivity index (χ1n) is 7.79. The molecule has 6 nitrogen and oxygen atoms in total. The highest BCUT2D eigenvalue weighted by Crippen LogP contribution is 2.16. The molecular formula is C18H19N3O3. The Morgan fingerprint density at radius 3 is 3.00 bits per heavy atom. The fourth-order valence-electron chi connectivity index (χ4n) is 2.38. The molecule has 2 N–H and O–H groups in total. The Balaban J connectivity index is 1.54. The maximum absolute atomic E-state index is 11.9. The van der Waals surface area contributed by atoms with Crippen LogP contribution in [0.15, 0.2) is 48.8 Å². The number of amides is 1. The van der Waals surface area contributed by atoms with Crippen LogP contribution in [0.4, 0.5) is 0 Å². The number of imidazole rings is 1. The summed E-state index contributed by atoms with van der Waals surface area (Å²) in [6, 6.07) is 11.0. The van der Waals surface area contributed by atoms with Gasteiger partial charge in [0.15, 0.2) is 18.0 Å². The van der Waals surface area contributed by atoms with Crippen LogP contribution in [0.5, 0.6) is 11.5 Å². The highest BCUT2D eigenvalue weighted by Gasteiger charge is 2.08. The van der Waals surface area contributed by atoms with E-state index in [9.17, 15) is 9.90 Å². The first-order chi connectivity index (χ1) is 11.7. The molecule has 6 heteroatoms. The molecule has 0 radical (unpaired) electrons. The molecule has 0 spiro atoms. The lowest BCUT2D eigenvalue weighted by Gasteiger charge is -2.07. The van der Waals surface area contributed by atoms with Gasteiger partial charge in [0.2, 0.25) is 0 Å². The van der Waals surface area contributed by atoms with Crippen LogP contribution in [0, 0.1) is 0 Å². The summed E-state index contributed by atoms with van der Waals surface area (Å²) in [5.74, 6) is 0.564. The molecule has 0 unspecified atom stereocenters. The molecule has 0 fully saturated rings. The third-order valence-corrected chi connectivity index (χ3v) is 3.66. The molecule has 0 aliphatic rings. The van der Waals surface area contributed by atoms with E-state index >= 15 is 0 Å². The summed E-state index contributed by atoms with van der Waals surface area (Å²) in [6.45, 7) is 2.29. The zero-order chi connectivity index (χ0) is 16.9. The van der Waals surface area contributed by atoms with Crippen LogP contribution < -0.4 is 10.1 Å². The molecule has 3 rings (SSSR count). The number of pyridine rings is 1. The highest BCUT2D eigenvalue weighted by atomic mass is 16.5. The molecule has 124 valence electrons. The Hall–Kier alpha value is -3.02. The van der Waals surface area contributed by atoms with E-state index in [4.69, 9.17) is 4.74 Å². The minimum absolute atomic E-state index is 0.0498. The first kappa shape index (κ1) is 15.9. The molecule has 0 bridgehead atoms. The molecule has 2 aromatic heterocycles. The van der Waals surface area contributed by atoms with E-state index in [0.717, 1.165) is 12.0 Å². The second kappa shape index (κ2) is 7.04. The minimum Gasteiger partial charge on any atom is -0.504 e. The van der Waals surface area contributed by atoms with Gasteiger partial charge in [0, 0.05) is 12.4 Å². The molecule has 0 atom stereocenters. The third-order valence-electron chi connectivity index (χ3n) is 3.66. The van der Waals surface area contributed by atoms with Gasteiger partial charge in [-0.1, -0.05) is 19.1 Å². The zero-order valence-electron chi connectivity index (χ0n) is 13.4. The van der Waals surface area contributed by atoms with Crippen molar-refractivity contribution in [1.29, 1.82) is 0 Å². The van der Waals surface area contributed by atoms with E-state index in [-0.39, 0.29) is 24.8 Å². The lowest BCUT2D eigenvalue weighted by atomic mass is 10.2. The van der Waals surface area contributed by atoms with Crippen molar-refractivity contribution in [2.75, 3.05) is 6.61 Å². The summed E-state index contributed by atoms with van der Waals surface area (Å²) in [4.78, 5) is 16.2. The summed E-state index contributed by atoms with van der Waals surface area (Å²) >= 11 is 0. The average Bonchev–Trinajstić information content (AvgIpc) is 3.03. The summed E-state index contributed by atoms with van der Waals surface area (Å²) in [6.07, 6.45) is 4.47. The van der Waals surface area contributed by atoms with E-state index in [0.29, 0.717) is 17.1 Å². The maximum Gasteiger partial charge on any atom is 0.258 e. The van der Waals surface area contributed by atoms with Gasteiger partial charge in [-0.05, 0) is 36.2 Å². The van der Waals surface area contributed by atoms with Gasteiger partial charge in [0.05, 0.1) is 12.2 Å². The Kier molecular flexibility index (Phi) is 4.65. The lowest BCUT2D eigenvalue weighted by molar-refractivity contribution is -0.123. The maximum atomic E-state index is 11.9. The number of rotatable bonds is 6. The smallest absolute Gasteiger partial charge is 0.258 e. The van der Waals surface area contributed by atoms with E-state index in [1.165, 1.54) is 0 Å². The van der Waals surface area contributed by atoms with Gasteiger partial charge in [-0.15, -0.1) is 0 Å². The van der Waals surface area contributed by atoms with Crippen molar-refractivity contribution >= 4 is 11.6 Å². The zero-order valence-corrected chi connectivity index (χ0v) is 13.4. The molecular weight excluding hydrogens is 306 g/mol. The number of nitrogens with one attached hydrogen (secondary N) is 1. The Labute approximate surface area is 139 Å². The number of fused-ring (bicyclic) bond motifs is 1. The van der Waals surface area contributed by atoms with Crippen LogP contribution in [-0.2, 0) is 17.8 Å². The quantitative estimate of drug-likeness (QED) is 0.729. The fraction of sp³-hybridized carbons (Fsp3) is 0.222. The Bertz CT molecular complexity index is 858. The number of ether oxygens (including phenoxy) is 1. The molecule has 24 heavy (non-hydrogen) atoms. The van der Waals surface area contributed by atoms with Crippen LogP contribution in [0.2, 0.25) is 0 Å². The van der Waals surface area contributed by atoms with Gasteiger partial charge in [0.1, 0.15) is 5.75 Å². The SMILES string of the molecule is CCc1cccc(OCC(=O)NCc2cn3cccc(O)c3n2)c1. The van der Waals surface area contributed by atoms with E-state index < -0.39 is 0 Å². The van der Waals surface area contributed by atoms with E-state index in [1.807, 2.05) is 24.3 Å². The molecule has 0 aliphatic carbocycles. The first-order valence-corrected chi connectivity index (χ1v) is 7.79. The topological polar surface area (TPSA) is 75.9 Å². The second-order valence-electron chi connectivity index (χ2n) is 5.42. The number of aryl methyl sites for hydroxylation is 1. The Morgan fingerprint density at radius 2 is 2.21 bits per heavy atom. The monoisotopic (exact) mass is 325 g/mol. The van der Waals surface area contributed by atoms with Crippen LogP contribution >= 0.6 is 0 Å². The molecule has 0 aliphatic heterocycles. The summed E-state index contributed by atoms with van der Waals surface area (Å²) in [7, 11) is 0. The van der Waals surface area contributed by atoms with Crippen LogP contribution in [0.25, 0.3) is 5.65 Å². The lowest BCUT2D eigenvalue weighted by Crippen LogP contribution is -2.28. The van der Waals surface area contributed by atoms with Crippen LogP contribution in [0.1, 0.15) is 18.2 Å². The number of nitrogens with zero attached hydrogens (tertiary/aromatic N) is 2. The van der Waals surface area contributed by atoms with Crippen molar-refractivity contribution in [1.82, 2.24) is 14.7 Å². The van der Waals surface area contributed by atoms with Gasteiger partial charge in [-0.3, -0.25) is 4.79 Å². The van der Waals surface area contributed by atoms with Gasteiger partial charge in [-0.25, -0.2) is 4.98 Å². The molecule has 3 aromatic rings. The third kappa shape index (κ3) is 3.65. The molecule has 1 aromatic carbocycles. The number of aromatic hydroxyl groups is 1. The van der Waals surface area contributed by atoms with Crippen molar-refractivity contribution in [3.63, 3.8) is 0 Å². The molecule has 2 heterocycles. The number of hydrogen-bond acceptors (Lipinski definition) is 4. The molecule has 0 saturated carbocycles. The van der Waals surface area contributed by atoms with E-state index in [2.05, 4.69) is 17.2 Å². The second-order valence-corrected chi connectivity index (χ2v) is 5.42. The van der Waals surface area contributed by atoms with Gasteiger partial charge >= 0.3 is 0 Å². The molecule has 1 amide bonds. The standard InChI is InChI=1S/C18H19N3O3/c1-2-13-5-3-6-15(9-13)24-12-17(23)19-10-14-11-21-8-4-7-16(22)18(21)20-14/h3-9,11,22H,2,10,12H2,1H3,(H,19,23). The minimum atomic E-state index is -0.224. The van der Waals surface area contributed by atoms with Crippen molar-refractivity contribution in [3.8, 4) is 11.5 Å². The van der Waals surface area contributed by atoms with Gasteiger partial charge in [0.25, 0.3) is 5.91 Å². The van der Waals surface area contributed by atoms with Crippen LogP contribution in [-0.4, -0.2) is 27.0 Å². The fourth-order valence-corrected chi connectivity index (χ4v) is 2.38.